The van der Waals surface area contributed by atoms with Crippen molar-refractivity contribution in [2.75, 3.05) is 88.5 Å². The van der Waals surface area contributed by atoms with Crippen LogP contribution in [0, 0.1) is 0 Å². The van der Waals surface area contributed by atoms with Crippen molar-refractivity contribution in [3.05, 3.63) is 209 Å². The summed E-state index contributed by atoms with van der Waals surface area (Å²) in [6, 6.07) is 49.7. The fraction of sp³-hybridized carbons (Fsp3) is 0.368. The molecule has 6 rings (SSSR count). The van der Waals surface area contributed by atoms with E-state index in [0.29, 0.717) is 33.0 Å². The topological polar surface area (TPSA) is 27.7 Å². The third-order valence-electron chi connectivity index (χ3n) is 12.3. The van der Waals surface area contributed by atoms with Crippen LogP contribution in [-0.4, -0.2) is 94.6 Å². The second-order valence-electron chi connectivity index (χ2n) is 17.4. The largest absolute Gasteiger partial charge is 0.378 e. The number of ether oxygens (including phenoxy) is 3. The molecule has 0 aliphatic heterocycles. The predicted molar refractivity (Wildman–Crippen MR) is 307 cm³/mol. The molecule has 0 fully saturated rings. The first-order valence-electron chi connectivity index (χ1n) is 24.0. The average molecular weight is 1100 g/mol. The molecule has 368 valence electrons. The zero-order valence-corrected chi connectivity index (χ0v) is 46.6. The van der Waals surface area contributed by atoms with Crippen LogP contribution in [0.3, 0.4) is 0 Å². The summed E-state index contributed by atoms with van der Waals surface area (Å²) in [5.74, 6) is 0. The Hall–Kier alpha value is -1.77. The monoisotopic (exact) mass is 1100 g/mol. The highest BCUT2D eigenvalue weighted by Gasteiger charge is 2.17. The van der Waals surface area contributed by atoms with Crippen molar-refractivity contribution < 1.29 is 14.2 Å². The lowest BCUT2D eigenvalue weighted by Gasteiger charge is -2.23. The number of benzene rings is 6. The molecule has 0 N–H and O–H groups in total. The van der Waals surface area contributed by atoms with E-state index in [1.54, 1.807) is 0 Å². The first-order valence-corrected chi connectivity index (χ1v) is 32.0. The Morgan fingerprint density at radius 3 is 0.696 bits per heavy atom. The molecular weight excluding hydrogens is 1040 g/mol. The van der Waals surface area contributed by atoms with Crippen LogP contribution in [-0.2, 0) is 52.7 Å². The zero-order valence-electron chi connectivity index (χ0n) is 39.4. The number of hydrogen-bond acceptors (Lipinski definition) is 3. The predicted octanol–water partition coefficient (Wildman–Crippen LogP) is 17.2. The fourth-order valence-electron chi connectivity index (χ4n) is 7.95. The molecule has 0 aliphatic carbocycles. The third-order valence-corrected chi connectivity index (χ3v) is 21.3. The molecule has 6 aromatic rings. The number of aryl methyl sites for hydroxylation is 6. The molecule has 0 bridgehead atoms. The summed E-state index contributed by atoms with van der Waals surface area (Å²) in [5, 5.41) is 4.63. The van der Waals surface area contributed by atoms with Crippen LogP contribution in [0.15, 0.2) is 146 Å². The molecule has 0 spiro atoms. The first kappa shape index (κ1) is 56.5. The molecule has 12 heteroatoms. The number of halogens is 6. The van der Waals surface area contributed by atoms with Gasteiger partial charge in [0.15, 0.2) is 0 Å². The molecular formula is C57H65Cl6O3P3. The van der Waals surface area contributed by atoms with E-state index < -0.39 is 0 Å². The first-order chi connectivity index (χ1) is 33.6. The molecule has 0 radical (unpaired) electrons. The molecule has 3 nitrogen and oxygen atoms in total. The Labute approximate surface area is 446 Å². The summed E-state index contributed by atoms with van der Waals surface area (Å²) >= 11 is 37.3. The minimum absolute atomic E-state index is 0.155. The minimum Gasteiger partial charge on any atom is -0.378 e. The van der Waals surface area contributed by atoms with Gasteiger partial charge in [-0.2, -0.15) is 0 Å². The van der Waals surface area contributed by atoms with Gasteiger partial charge in [0, 0.05) is 30.1 Å². The van der Waals surface area contributed by atoms with Crippen molar-refractivity contribution in [2.45, 2.75) is 44.6 Å². The molecule has 0 aromatic heterocycles. The maximum absolute atomic E-state index is 6.78. The van der Waals surface area contributed by atoms with Crippen LogP contribution in [0.4, 0.5) is 0 Å². The van der Waals surface area contributed by atoms with Gasteiger partial charge in [-0.1, -0.05) is 142 Å². The van der Waals surface area contributed by atoms with Gasteiger partial charge in [-0.15, -0.1) is 23.8 Å². The normalized spacial score (nSPS) is 11.7. The quantitative estimate of drug-likeness (QED) is 0.0311. The van der Waals surface area contributed by atoms with Crippen molar-refractivity contribution in [3.63, 3.8) is 0 Å². The lowest BCUT2D eigenvalue weighted by molar-refractivity contribution is -0.0511. The molecule has 6 aromatic carbocycles. The van der Waals surface area contributed by atoms with E-state index in [-0.39, 0.29) is 29.9 Å². The summed E-state index contributed by atoms with van der Waals surface area (Å²) < 4.78 is 19.9. The van der Waals surface area contributed by atoms with E-state index in [0.717, 1.165) is 124 Å². The maximum atomic E-state index is 6.78. The highest BCUT2D eigenvalue weighted by Crippen LogP contribution is 2.39. The Kier molecular flexibility index (Phi) is 26.6. The van der Waals surface area contributed by atoms with Crippen LogP contribution in [0.25, 0.3) is 0 Å². The molecule has 0 unspecified atom stereocenters. The Bertz CT molecular complexity index is 2040. The van der Waals surface area contributed by atoms with Gasteiger partial charge in [0.25, 0.3) is 0 Å². The van der Waals surface area contributed by atoms with Gasteiger partial charge in [0.1, 0.15) is 6.10 Å². The SMILES string of the molecule is Clc1ccc(CCP(CCOCC(COCCP(CCc2ccc(Cl)cc2)CCc2ccc(Cl)cc2)OCCP(CCc2ccc(Cl)cc2)CCc2ccc(Cl)cc2)CCc2ccc(Cl)cc2)cc1. The highest BCUT2D eigenvalue weighted by molar-refractivity contribution is 7.58. The van der Waals surface area contributed by atoms with Crippen LogP contribution in [0.5, 0.6) is 0 Å². The third kappa shape index (κ3) is 23.3. The number of rotatable bonds is 32. The van der Waals surface area contributed by atoms with Gasteiger partial charge in [0.05, 0.1) is 33.0 Å². The van der Waals surface area contributed by atoms with E-state index in [2.05, 4.69) is 72.8 Å². The number of hydrogen-bond donors (Lipinski definition) is 0. The smallest absolute Gasteiger partial charge is 0.104 e. The molecule has 69 heavy (non-hydrogen) atoms. The van der Waals surface area contributed by atoms with Gasteiger partial charge >= 0.3 is 0 Å². The average Bonchev–Trinajstić information content (AvgIpc) is 3.36. The van der Waals surface area contributed by atoms with E-state index >= 15 is 0 Å². The summed E-state index contributed by atoms with van der Waals surface area (Å²) in [4.78, 5) is 0. The van der Waals surface area contributed by atoms with Crippen LogP contribution < -0.4 is 0 Å². The van der Waals surface area contributed by atoms with Gasteiger partial charge < -0.3 is 14.2 Å². The summed E-state index contributed by atoms with van der Waals surface area (Å²) in [6.45, 7) is 3.08. The van der Waals surface area contributed by atoms with Gasteiger partial charge in [0.2, 0.25) is 0 Å². The van der Waals surface area contributed by atoms with E-state index in [9.17, 15) is 0 Å². The van der Waals surface area contributed by atoms with Crippen molar-refractivity contribution in [1.29, 1.82) is 0 Å². The Morgan fingerprint density at radius 2 is 0.478 bits per heavy atom. The molecule has 0 aliphatic rings. The van der Waals surface area contributed by atoms with Crippen molar-refractivity contribution in [2.24, 2.45) is 0 Å². The lowest BCUT2D eigenvalue weighted by Crippen LogP contribution is -2.28. The highest BCUT2D eigenvalue weighted by atomic mass is 35.5. The summed E-state index contributed by atoms with van der Waals surface area (Å²) in [6.07, 6.45) is 16.0. The Balaban J connectivity index is 1.07. The van der Waals surface area contributed by atoms with Crippen molar-refractivity contribution in [1.82, 2.24) is 0 Å². The standard InChI is InChI=1S/C57H65Cl6O3P3/c58-51-13-1-45(2-14-51)25-34-67(35-26-46-3-15-52(59)16-4-46)40-31-64-43-57(66-33-42-69(38-29-49-9-21-55(62)22-10-49)39-30-50-11-23-56(63)24-12-50)44-65-32-41-68(36-27-47-5-17-53(60)18-6-47)37-28-48-7-19-54(61)20-8-48/h1-24,57H,25-44H2. The van der Waals surface area contributed by atoms with Crippen LogP contribution >= 0.6 is 93.4 Å². The second-order valence-corrected chi connectivity index (χ2v) is 28.1. The van der Waals surface area contributed by atoms with Crippen LogP contribution in [0.1, 0.15) is 33.4 Å². The van der Waals surface area contributed by atoms with E-state index in [1.807, 2.05) is 72.8 Å². The van der Waals surface area contributed by atoms with Crippen molar-refractivity contribution in [3.8, 4) is 0 Å². The zero-order chi connectivity index (χ0) is 48.5. The van der Waals surface area contributed by atoms with Gasteiger partial charge in [-0.3, -0.25) is 0 Å². The second kappa shape index (κ2) is 32.4. The lowest BCUT2D eigenvalue weighted by atomic mass is 10.2. The van der Waals surface area contributed by atoms with Gasteiger partial charge in [-0.25, -0.2) is 0 Å². The van der Waals surface area contributed by atoms with Crippen LogP contribution in [0.2, 0.25) is 30.1 Å². The maximum Gasteiger partial charge on any atom is 0.104 e. The van der Waals surface area contributed by atoms with Crippen molar-refractivity contribution >= 4 is 93.4 Å². The van der Waals surface area contributed by atoms with Gasteiger partial charge in [-0.05, 0) is 200 Å². The molecule has 0 heterocycles. The summed E-state index contributed by atoms with van der Waals surface area (Å²) in [7, 11) is -0.855. The minimum atomic E-state index is -0.302. The molecule has 0 amide bonds. The van der Waals surface area contributed by atoms with E-state index in [4.69, 9.17) is 83.8 Å². The van der Waals surface area contributed by atoms with E-state index in [1.165, 1.54) is 33.4 Å². The molecule has 0 saturated carbocycles. The molecule has 0 atom stereocenters. The fourth-order valence-corrected chi connectivity index (χ4v) is 15.3. The molecule has 0 saturated heterocycles. The summed E-state index contributed by atoms with van der Waals surface area (Å²) in [5.41, 5.74) is 7.94. The Morgan fingerprint density at radius 1 is 0.275 bits per heavy atom.